The highest BCUT2D eigenvalue weighted by atomic mass is 15.1. The first-order valence-corrected chi connectivity index (χ1v) is 5.92. The first kappa shape index (κ1) is 12.3. The van der Waals surface area contributed by atoms with Crippen LogP contribution < -0.4 is 11.1 Å². The molecule has 2 atom stereocenters. The van der Waals surface area contributed by atoms with E-state index in [1.165, 1.54) is 6.42 Å². The summed E-state index contributed by atoms with van der Waals surface area (Å²) in [6.07, 6.45) is 1.21. The van der Waals surface area contributed by atoms with Gasteiger partial charge in [-0.3, -0.25) is 4.99 Å². The van der Waals surface area contributed by atoms with Gasteiger partial charge in [0.2, 0.25) is 0 Å². The molecular formula is C12H25N3. The zero-order valence-electron chi connectivity index (χ0n) is 10.7. The van der Waals surface area contributed by atoms with E-state index >= 15 is 0 Å². The van der Waals surface area contributed by atoms with Crippen LogP contribution in [0.15, 0.2) is 4.99 Å². The lowest BCUT2D eigenvalue weighted by atomic mass is 9.94. The molecule has 3 N–H and O–H groups in total. The summed E-state index contributed by atoms with van der Waals surface area (Å²) in [5.74, 6) is 1.88. The Bertz CT molecular complexity index is 245. The first-order chi connectivity index (χ1) is 6.86. The summed E-state index contributed by atoms with van der Waals surface area (Å²) in [5, 5.41) is 3.31. The van der Waals surface area contributed by atoms with E-state index < -0.39 is 0 Å². The third-order valence-electron chi connectivity index (χ3n) is 3.55. The van der Waals surface area contributed by atoms with Crippen molar-refractivity contribution < 1.29 is 0 Å². The third kappa shape index (κ3) is 3.11. The van der Waals surface area contributed by atoms with Crippen LogP contribution in [-0.2, 0) is 0 Å². The Morgan fingerprint density at radius 2 is 2.07 bits per heavy atom. The van der Waals surface area contributed by atoms with Gasteiger partial charge in [-0.15, -0.1) is 0 Å². The topological polar surface area (TPSA) is 50.4 Å². The van der Waals surface area contributed by atoms with Crippen molar-refractivity contribution in [2.75, 3.05) is 6.54 Å². The molecule has 0 bridgehead atoms. The lowest BCUT2D eigenvalue weighted by Gasteiger charge is -2.16. The van der Waals surface area contributed by atoms with Crippen molar-refractivity contribution in [3.8, 4) is 0 Å². The van der Waals surface area contributed by atoms with Gasteiger partial charge in [0, 0.05) is 12.6 Å². The van der Waals surface area contributed by atoms with Crippen LogP contribution in [0.2, 0.25) is 0 Å². The van der Waals surface area contributed by atoms with Crippen LogP contribution in [0, 0.1) is 17.3 Å². The molecule has 0 spiro atoms. The van der Waals surface area contributed by atoms with Crippen LogP contribution in [0.25, 0.3) is 0 Å². The monoisotopic (exact) mass is 211 g/mol. The average Bonchev–Trinajstić information content (AvgIpc) is 2.75. The fourth-order valence-electron chi connectivity index (χ4n) is 1.74. The van der Waals surface area contributed by atoms with Crippen molar-refractivity contribution in [3.05, 3.63) is 0 Å². The van der Waals surface area contributed by atoms with Gasteiger partial charge >= 0.3 is 0 Å². The van der Waals surface area contributed by atoms with Crippen LogP contribution in [0.4, 0.5) is 0 Å². The highest BCUT2D eigenvalue weighted by molar-refractivity contribution is 5.78. The second-order valence-corrected chi connectivity index (χ2v) is 5.68. The Balaban J connectivity index is 2.36. The third-order valence-corrected chi connectivity index (χ3v) is 3.55. The normalized spacial score (nSPS) is 31.1. The molecule has 0 amide bonds. The molecule has 3 nitrogen and oxygen atoms in total. The Hall–Kier alpha value is -0.730. The number of hydrogen-bond donors (Lipinski definition) is 2. The molecule has 15 heavy (non-hydrogen) atoms. The fourth-order valence-corrected chi connectivity index (χ4v) is 1.74. The summed E-state index contributed by atoms with van der Waals surface area (Å²) in [7, 11) is 0. The molecule has 0 radical (unpaired) electrons. The van der Waals surface area contributed by atoms with Gasteiger partial charge in [-0.2, -0.15) is 0 Å². The predicted molar refractivity (Wildman–Crippen MR) is 65.8 cm³/mol. The van der Waals surface area contributed by atoms with E-state index in [0.717, 1.165) is 6.54 Å². The van der Waals surface area contributed by atoms with E-state index in [2.05, 4.69) is 44.9 Å². The summed E-state index contributed by atoms with van der Waals surface area (Å²) in [6.45, 7) is 11.9. The number of nitrogens with zero attached hydrogens (tertiary/aromatic N) is 1. The maximum atomic E-state index is 5.82. The quantitative estimate of drug-likeness (QED) is 0.552. The van der Waals surface area contributed by atoms with Crippen LogP contribution in [0.5, 0.6) is 0 Å². The van der Waals surface area contributed by atoms with Gasteiger partial charge in [0.05, 0.1) is 0 Å². The molecule has 0 aromatic heterocycles. The molecule has 0 aliphatic heterocycles. The molecule has 88 valence electrons. The molecule has 0 aromatic carbocycles. The van der Waals surface area contributed by atoms with E-state index in [0.29, 0.717) is 29.3 Å². The molecule has 1 rings (SSSR count). The lowest BCUT2D eigenvalue weighted by molar-refractivity contribution is 0.375. The van der Waals surface area contributed by atoms with Crippen molar-refractivity contribution in [1.29, 1.82) is 0 Å². The van der Waals surface area contributed by atoms with E-state index in [1.54, 1.807) is 0 Å². The Morgan fingerprint density at radius 3 is 2.47 bits per heavy atom. The fraction of sp³-hybridized carbons (Fsp3) is 0.917. The van der Waals surface area contributed by atoms with Gasteiger partial charge in [-0.1, -0.05) is 34.6 Å². The minimum absolute atomic E-state index is 0.415. The highest BCUT2D eigenvalue weighted by Gasteiger charge is 2.52. The van der Waals surface area contributed by atoms with Gasteiger partial charge in [0.25, 0.3) is 0 Å². The van der Waals surface area contributed by atoms with E-state index in [-0.39, 0.29) is 0 Å². The smallest absolute Gasteiger partial charge is 0.188 e. The van der Waals surface area contributed by atoms with E-state index in [4.69, 9.17) is 5.73 Å². The Kier molecular flexibility index (Phi) is 3.63. The molecule has 2 unspecified atom stereocenters. The molecule has 1 saturated carbocycles. The van der Waals surface area contributed by atoms with E-state index in [1.807, 2.05) is 0 Å². The Labute approximate surface area is 93.5 Å². The highest BCUT2D eigenvalue weighted by Crippen LogP contribution is 2.51. The zero-order chi connectivity index (χ0) is 11.6. The molecule has 1 aliphatic rings. The van der Waals surface area contributed by atoms with Crippen LogP contribution in [0.3, 0.4) is 0 Å². The van der Waals surface area contributed by atoms with Crippen molar-refractivity contribution in [3.63, 3.8) is 0 Å². The summed E-state index contributed by atoms with van der Waals surface area (Å²) < 4.78 is 0. The summed E-state index contributed by atoms with van der Waals surface area (Å²) in [6, 6.07) is 0.522. The van der Waals surface area contributed by atoms with Crippen LogP contribution >= 0.6 is 0 Å². The predicted octanol–water partition coefficient (Wildman–Crippen LogP) is 1.98. The van der Waals surface area contributed by atoms with Gasteiger partial charge in [0.1, 0.15) is 0 Å². The molecule has 3 heteroatoms. The van der Waals surface area contributed by atoms with Gasteiger partial charge in [-0.25, -0.2) is 0 Å². The van der Waals surface area contributed by atoms with Gasteiger partial charge in [-0.05, 0) is 23.7 Å². The van der Waals surface area contributed by atoms with Crippen molar-refractivity contribution in [2.45, 2.75) is 47.1 Å². The van der Waals surface area contributed by atoms with Crippen molar-refractivity contribution >= 4 is 5.96 Å². The maximum absolute atomic E-state index is 5.82. The zero-order valence-corrected chi connectivity index (χ0v) is 10.7. The Morgan fingerprint density at radius 1 is 1.47 bits per heavy atom. The minimum Gasteiger partial charge on any atom is -0.370 e. The number of guanidine groups is 1. The van der Waals surface area contributed by atoms with Gasteiger partial charge < -0.3 is 11.1 Å². The summed E-state index contributed by atoms with van der Waals surface area (Å²) >= 11 is 0. The van der Waals surface area contributed by atoms with Gasteiger partial charge in [0.15, 0.2) is 5.96 Å². The first-order valence-electron chi connectivity index (χ1n) is 5.92. The number of aliphatic imine (C=N–C) groups is 1. The second kappa shape index (κ2) is 4.42. The number of hydrogen-bond acceptors (Lipinski definition) is 1. The summed E-state index contributed by atoms with van der Waals surface area (Å²) in [5.41, 5.74) is 6.24. The number of nitrogens with one attached hydrogen (secondary N) is 1. The number of nitrogens with two attached hydrogens (primary N) is 1. The number of rotatable bonds is 4. The van der Waals surface area contributed by atoms with Crippen LogP contribution in [-0.4, -0.2) is 18.5 Å². The molecule has 0 aromatic rings. The molecule has 0 saturated heterocycles. The standard InChI is InChI=1S/C12H25N3/c1-8(2)7-14-11(13)15-10-6-12(10,5)9(3)4/h8-10H,6-7H2,1-5H3,(H3,13,14,15). The molecule has 1 fully saturated rings. The summed E-state index contributed by atoms with van der Waals surface area (Å²) in [4.78, 5) is 4.31. The average molecular weight is 211 g/mol. The maximum Gasteiger partial charge on any atom is 0.188 e. The lowest BCUT2D eigenvalue weighted by Crippen LogP contribution is -2.36. The second-order valence-electron chi connectivity index (χ2n) is 5.68. The van der Waals surface area contributed by atoms with E-state index in [9.17, 15) is 0 Å². The molecule has 0 heterocycles. The van der Waals surface area contributed by atoms with Crippen molar-refractivity contribution in [2.24, 2.45) is 28.0 Å². The molecule has 1 aliphatic carbocycles. The van der Waals surface area contributed by atoms with Crippen LogP contribution in [0.1, 0.15) is 41.0 Å². The minimum atomic E-state index is 0.415. The largest absolute Gasteiger partial charge is 0.370 e. The molecular weight excluding hydrogens is 186 g/mol. The SMILES string of the molecule is CC(C)CN=C(N)NC1CC1(C)C(C)C. The van der Waals surface area contributed by atoms with Crippen molar-refractivity contribution in [1.82, 2.24) is 5.32 Å².